The van der Waals surface area contributed by atoms with E-state index in [0.29, 0.717) is 12.1 Å². The summed E-state index contributed by atoms with van der Waals surface area (Å²) in [5.74, 6) is -0.373. The van der Waals surface area contributed by atoms with Gasteiger partial charge < -0.3 is 4.74 Å². The molecule has 3 rings (SSSR count). The van der Waals surface area contributed by atoms with Crippen LogP contribution in [-0.4, -0.2) is 27.8 Å². The van der Waals surface area contributed by atoms with Gasteiger partial charge in [-0.1, -0.05) is 30.3 Å². The summed E-state index contributed by atoms with van der Waals surface area (Å²) in [6.07, 6.45) is 5.82. The molecule has 0 amide bonds. The van der Waals surface area contributed by atoms with Crippen LogP contribution in [0.5, 0.6) is 0 Å². The van der Waals surface area contributed by atoms with Gasteiger partial charge in [0.1, 0.15) is 0 Å². The van der Waals surface area contributed by atoms with Gasteiger partial charge in [0.05, 0.1) is 25.4 Å². The lowest BCUT2D eigenvalue weighted by atomic mass is 10.1. The summed E-state index contributed by atoms with van der Waals surface area (Å²) in [4.78, 5) is 15.7. The van der Waals surface area contributed by atoms with E-state index in [4.69, 9.17) is 0 Å². The van der Waals surface area contributed by atoms with Gasteiger partial charge in [-0.3, -0.25) is 9.67 Å². The fraction of sp³-hybridized carbons (Fsp3) is 0.167. The zero-order chi connectivity index (χ0) is 16.1. The molecule has 0 saturated heterocycles. The standard InChI is InChI=1S/C18H17N3O2/c1-23-18(22)16-11-20-21(13-16)12-15-7-5-14(6-8-15)10-17-4-2-3-9-19-17/h2-9,11,13H,10,12H2,1H3. The van der Waals surface area contributed by atoms with Crippen molar-refractivity contribution in [2.45, 2.75) is 13.0 Å². The van der Waals surface area contributed by atoms with E-state index in [1.807, 2.05) is 18.2 Å². The van der Waals surface area contributed by atoms with Crippen molar-refractivity contribution < 1.29 is 9.53 Å². The number of carbonyl (C=O) groups is 1. The van der Waals surface area contributed by atoms with Gasteiger partial charge in [0.2, 0.25) is 0 Å². The maximum atomic E-state index is 11.4. The summed E-state index contributed by atoms with van der Waals surface area (Å²) in [5, 5.41) is 4.18. The molecule has 0 fully saturated rings. The number of pyridine rings is 1. The lowest BCUT2D eigenvalue weighted by Gasteiger charge is -2.05. The first-order valence-corrected chi connectivity index (χ1v) is 7.33. The van der Waals surface area contributed by atoms with Crippen LogP contribution in [-0.2, 0) is 17.7 Å². The van der Waals surface area contributed by atoms with Crippen molar-refractivity contribution in [1.82, 2.24) is 14.8 Å². The molecule has 0 bridgehead atoms. The molecule has 116 valence electrons. The smallest absolute Gasteiger partial charge is 0.341 e. The van der Waals surface area contributed by atoms with E-state index >= 15 is 0 Å². The number of aromatic nitrogens is 3. The first-order chi connectivity index (χ1) is 11.2. The molecule has 2 heterocycles. The zero-order valence-corrected chi connectivity index (χ0v) is 12.8. The molecule has 23 heavy (non-hydrogen) atoms. The highest BCUT2D eigenvalue weighted by Gasteiger charge is 2.08. The molecule has 0 aliphatic rings. The molecular weight excluding hydrogens is 290 g/mol. The van der Waals surface area contributed by atoms with Crippen LogP contribution >= 0.6 is 0 Å². The Labute approximate surface area is 134 Å². The summed E-state index contributed by atoms with van der Waals surface area (Å²) in [7, 11) is 1.36. The van der Waals surface area contributed by atoms with Crippen molar-refractivity contribution in [3.8, 4) is 0 Å². The van der Waals surface area contributed by atoms with Gasteiger partial charge in [0, 0.05) is 24.5 Å². The second-order valence-corrected chi connectivity index (χ2v) is 5.23. The van der Waals surface area contributed by atoms with Crippen LogP contribution in [0.1, 0.15) is 27.2 Å². The van der Waals surface area contributed by atoms with Gasteiger partial charge in [0.25, 0.3) is 0 Å². The lowest BCUT2D eigenvalue weighted by Crippen LogP contribution is -2.02. The summed E-state index contributed by atoms with van der Waals surface area (Å²) in [5.41, 5.74) is 3.84. The second kappa shape index (κ2) is 6.87. The third kappa shape index (κ3) is 3.83. The number of nitrogens with zero attached hydrogens (tertiary/aromatic N) is 3. The normalized spacial score (nSPS) is 10.5. The van der Waals surface area contributed by atoms with E-state index in [2.05, 4.69) is 39.1 Å². The second-order valence-electron chi connectivity index (χ2n) is 5.23. The molecule has 0 spiro atoms. The molecule has 5 nitrogen and oxygen atoms in total. The van der Waals surface area contributed by atoms with E-state index in [1.165, 1.54) is 18.9 Å². The molecular formula is C18H17N3O2. The van der Waals surface area contributed by atoms with Crippen LogP contribution in [0.4, 0.5) is 0 Å². The number of esters is 1. The fourth-order valence-corrected chi connectivity index (χ4v) is 2.33. The Bertz CT molecular complexity index is 780. The van der Waals surface area contributed by atoms with E-state index in [9.17, 15) is 4.79 Å². The topological polar surface area (TPSA) is 57.0 Å². The van der Waals surface area contributed by atoms with Crippen LogP contribution in [0.25, 0.3) is 0 Å². The number of rotatable bonds is 5. The van der Waals surface area contributed by atoms with Crippen molar-refractivity contribution >= 4 is 5.97 Å². The quantitative estimate of drug-likeness (QED) is 0.680. The Morgan fingerprint density at radius 1 is 1.13 bits per heavy atom. The van der Waals surface area contributed by atoms with Crippen LogP contribution in [0.15, 0.2) is 61.1 Å². The van der Waals surface area contributed by atoms with E-state index in [1.54, 1.807) is 17.1 Å². The number of hydrogen-bond acceptors (Lipinski definition) is 4. The molecule has 0 aliphatic heterocycles. The first-order valence-electron chi connectivity index (χ1n) is 7.33. The molecule has 0 unspecified atom stereocenters. The van der Waals surface area contributed by atoms with Gasteiger partial charge in [-0.05, 0) is 23.3 Å². The predicted octanol–water partition coefficient (Wildman–Crippen LogP) is 2.70. The lowest BCUT2D eigenvalue weighted by molar-refractivity contribution is 0.0600. The van der Waals surface area contributed by atoms with Crippen molar-refractivity contribution in [3.63, 3.8) is 0 Å². The van der Waals surface area contributed by atoms with Gasteiger partial charge in [-0.25, -0.2) is 4.79 Å². The van der Waals surface area contributed by atoms with Crippen LogP contribution in [0.2, 0.25) is 0 Å². The predicted molar refractivity (Wildman–Crippen MR) is 86.2 cm³/mol. The Hall–Kier alpha value is -2.95. The number of benzene rings is 1. The zero-order valence-electron chi connectivity index (χ0n) is 12.8. The van der Waals surface area contributed by atoms with Gasteiger partial charge >= 0.3 is 5.97 Å². The van der Waals surface area contributed by atoms with Gasteiger partial charge in [0.15, 0.2) is 0 Å². The summed E-state index contributed by atoms with van der Waals surface area (Å²) >= 11 is 0. The van der Waals surface area contributed by atoms with Crippen LogP contribution < -0.4 is 0 Å². The molecule has 0 radical (unpaired) electrons. The Kier molecular flexibility index (Phi) is 4.47. The first kappa shape index (κ1) is 15.0. The number of methoxy groups -OCH3 is 1. The Morgan fingerprint density at radius 2 is 1.91 bits per heavy atom. The molecule has 0 atom stereocenters. The van der Waals surface area contributed by atoms with E-state index < -0.39 is 0 Å². The van der Waals surface area contributed by atoms with Crippen molar-refractivity contribution in [2.24, 2.45) is 0 Å². The molecule has 1 aromatic carbocycles. The largest absolute Gasteiger partial charge is 0.465 e. The molecule has 0 saturated carbocycles. The molecule has 3 aromatic rings. The summed E-state index contributed by atoms with van der Waals surface area (Å²) in [6, 6.07) is 14.2. The van der Waals surface area contributed by atoms with Crippen molar-refractivity contribution in [2.75, 3.05) is 7.11 Å². The number of carbonyl (C=O) groups excluding carboxylic acids is 1. The maximum Gasteiger partial charge on any atom is 0.341 e. The minimum absolute atomic E-state index is 0.373. The minimum Gasteiger partial charge on any atom is -0.465 e. The highest BCUT2D eigenvalue weighted by Crippen LogP contribution is 2.11. The van der Waals surface area contributed by atoms with E-state index in [-0.39, 0.29) is 5.97 Å². The minimum atomic E-state index is -0.373. The highest BCUT2D eigenvalue weighted by atomic mass is 16.5. The monoisotopic (exact) mass is 307 g/mol. The fourth-order valence-electron chi connectivity index (χ4n) is 2.33. The number of ether oxygens (including phenoxy) is 1. The number of hydrogen-bond donors (Lipinski definition) is 0. The van der Waals surface area contributed by atoms with E-state index in [0.717, 1.165) is 17.7 Å². The molecule has 5 heteroatoms. The Balaban J connectivity index is 1.65. The summed E-state index contributed by atoms with van der Waals surface area (Å²) < 4.78 is 6.40. The summed E-state index contributed by atoms with van der Waals surface area (Å²) in [6.45, 7) is 0.612. The van der Waals surface area contributed by atoms with Gasteiger partial charge in [-0.15, -0.1) is 0 Å². The SMILES string of the molecule is COC(=O)c1cnn(Cc2ccc(Cc3ccccn3)cc2)c1. The van der Waals surface area contributed by atoms with Crippen molar-refractivity contribution in [3.05, 3.63) is 83.4 Å². The molecule has 0 N–H and O–H groups in total. The van der Waals surface area contributed by atoms with Crippen molar-refractivity contribution in [1.29, 1.82) is 0 Å². The molecule has 2 aromatic heterocycles. The third-order valence-corrected chi connectivity index (χ3v) is 3.53. The average Bonchev–Trinajstić information content (AvgIpc) is 3.05. The van der Waals surface area contributed by atoms with Crippen LogP contribution in [0.3, 0.4) is 0 Å². The maximum absolute atomic E-state index is 11.4. The Morgan fingerprint density at radius 3 is 2.61 bits per heavy atom. The van der Waals surface area contributed by atoms with Gasteiger partial charge in [-0.2, -0.15) is 5.10 Å². The third-order valence-electron chi connectivity index (χ3n) is 3.53. The average molecular weight is 307 g/mol. The van der Waals surface area contributed by atoms with Crippen LogP contribution in [0, 0.1) is 0 Å². The molecule has 0 aliphatic carbocycles. The highest BCUT2D eigenvalue weighted by molar-refractivity contribution is 5.88.